The second-order valence-corrected chi connectivity index (χ2v) is 1.38. The van der Waals surface area contributed by atoms with Gasteiger partial charge in [0.15, 0.2) is 0 Å². The van der Waals surface area contributed by atoms with Crippen molar-refractivity contribution in [2.45, 2.75) is 6.29 Å². The average Bonchev–Trinajstić information content (AvgIpc) is 1.64. The maximum atomic E-state index is 12.0. The summed E-state index contributed by atoms with van der Waals surface area (Å²) < 4.78 is 16.4. The molecule has 0 saturated heterocycles. The van der Waals surface area contributed by atoms with Crippen LogP contribution in [0, 0.1) is 0 Å². The molecule has 1 aliphatic rings. The molecule has 1 heterocycles. The molecule has 0 aromatic rings. The minimum absolute atomic E-state index is 0.469. The number of aliphatic hydroxyl groups excluding tert-OH is 1. The lowest BCUT2D eigenvalue weighted by Gasteiger charge is -2.07. The third-order valence-corrected chi connectivity index (χ3v) is 0.747. The van der Waals surface area contributed by atoms with E-state index in [1.807, 2.05) is 0 Å². The summed E-state index contributed by atoms with van der Waals surface area (Å²) in [5.41, 5.74) is 0. The summed E-state index contributed by atoms with van der Waals surface area (Å²) in [4.78, 5) is 0. The highest BCUT2D eigenvalue weighted by atomic mass is 19.1. The molecule has 0 radical (unpaired) electrons. The first kappa shape index (κ1) is 5.31. The molecular formula is C5H5FO2. The van der Waals surface area contributed by atoms with Gasteiger partial charge in [-0.2, -0.15) is 0 Å². The fraction of sp³-hybridized carbons (Fsp3) is 0.200. The zero-order valence-electron chi connectivity index (χ0n) is 4.04. The molecule has 0 amide bonds. The normalized spacial score (nSPS) is 26.8. The molecule has 0 bridgehead atoms. The molecule has 8 heavy (non-hydrogen) atoms. The minimum atomic E-state index is -1.11. The summed E-state index contributed by atoms with van der Waals surface area (Å²) in [5, 5.41) is 8.49. The van der Waals surface area contributed by atoms with Crippen LogP contribution in [0.15, 0.2) is 24.2 Å². The van der Waals surface area contributed by atoms with Crippen LogP contribution in [0.4, 0.5) is 4.39 Å². The molecule has 2 nitrogen and oxygen atoms in total. The number of hydrogen-bond acceptors (Lipinski definition) is 2. The van der Waals surface area contributed by atoms with E-state index in [1.54, 1.807) is 0 Å². The van der Waals surface area contributed by atoms with Crippen molar-refractivity contribution in [3.63, 3.8) is 0 Å². The van der Waals surface area contributed by atoms with E-state index in [4.69, 9.17) is 5.11 Å². The van der Waals surface area contributed by atoms with E-state index in [0.717, 1.165) is 18.4 Å². The second-order valence-electron chi connectivity index (χ2n) is 1.38. The first-order chi connectivity index (χ1) is 3.79. The van der Waals surface area contributed by atoms with Crippen molar-refractivity contribution in [1.82, 2.24) is 0 Å². The largest absolute Gasteiger partial charge is 0.469 e. The van der Waals surface area contributed by atoms with Crippen molar-refractivity contribution in [3.8, 4) is 0 Å². The molecule has 0 aromatic heterocycles. The highest BCUT2D eigenvalue weighted by Crippen LogP contribution is 2.07. The van der Waals surface area contributed by atoms with Crippen molar-refractivity contribution < 1.29 is 14.2 Å². The van der Waals surface area contributed by atoms with E-state index < -0.39 is 12.1 Å². The Hall–Kier alpha value is -0.830. The minimum Gasteiger partial charge on any atom is -0.469 e. The summed E-state index contributed by atoms with van der Waals surface area (Å²) in [6, 6.07) is 0. The lowest BCUT2D eigenvalue weighted by Crippen LogP contribution is -2.06. The molecule has 44 valence electrons. The summed E-state index contributed by atoms with van der Waals surface area (Å²) in [6.45, 7) is 0. The van der Waals surface area contributed by atoms with Crippen LogP contribution in [0.25, 0.3) is 0 Å². The second kappa shape index (κ2) is 1.96. The van der Waals surface area contributed by atoms with E-state index >= 15 is 0 Å². The van der Waals surface area contributed by atoms with Gasteiger partial charge in [0.05, 0.1) is 6.26 Å². The monoisotopic (exact) mass is 116 g/mol. The van der Waals surface area contributed by atoms with Crippen LogP contribution in [0.1, 0.15) is 0 Å². The quantitative estimate of drug-likeness (QED) is 0.504. The van der Waals surface area contributed by atoms with Gasteiger partial charge >= 0.3 is 0 Å². The van der Waals surface area contributed by atoms with Gasteiger partial charge in [-0.05, 0) is 0 Å². The zero-order chi connectivity index (χ0) is 5.98. The van der Waals surface area contributed by atoms with Gasteiger partial charge in [-0.3, -0.25) is 0 Å². The molecular weight excluding hydrogens is 111 g/mol. The number of rotatable bonds is 0. The zero-order valence-corrected chi connectivity index (χ0v) is 4.04. The van der Waals surface area contributed by atoms with Gasteiger partial charge in [0, 0.05) is 12.2 Å². The van der Waals surface area contributed by atoms with Gasteiger partial charge in [0.1, 0.15) is 5.83 Å². The molecule has 3 heteroatoms. The van der Waals surface area contributed by atoms with Crippen molar-refractivity contribution in [1.29, 1.82) is 0 Å². The highest BCUT2D eigenvalue weighted by Gasteiger charge is 2.03. The van der Waals surface area contributed by atoms with Crippen LogP contribution >= 0.6 is 0 Å². The Labute approximate surface area is 45.9 Å². The van der Waals surface area contributed by atoms with Gasteiger partial charge in [0.2, 0.25) is 6.29 Å². The Morgan fingerprint density at radius 2 is 2.50 bits per heavy atom. The molecule has 1 atom stereocenters. The summed E-state index contributed by atoms with van der Waals surface area (Å²) in [7, 11) is 0. The van der Waals surface area contributed by atoms with Crippen molar-refractivity contribution in [2.75, 3.05) is 0 Å². The van der Waals surface area contributed by atoms with Crippen LogP contribution < -0.4 is 0 Å². The first-order valence-electron chi connectivity index (χ1n) is 2.16. The van der Waals surface area contributed by atoms with Gasteiger partial charge in [-0.15, -0.1) is 0 Å². The Morgan fingerprint density at radius 1 is 1.75 bits per heavy atom. The van der Waals surface area contributed by atoms with Crippen molar-refractivity contribution in [3.05, 3.63) is 24.2 Å². The van der Waals surface area contributed by atoms with Gasteiger partial charge < -0.3 is 9.84 Å². The van der Waals surface area contributed by atoms with Crippen molar-refractivity contribution >= 4 is 0 Å². The number of ether oxygens (including phenoxy) is 1. The summed E-state index contributed by atoms with van der Waals surface area (Å²) >= 11 is 0. The van der Waals surface area contributed by atoms with Crippen LogP contribution in [0.3, 0.4) is 0 Å². The number of halogens is 1. The molecule has 1 unspecified atom stereocenters. The van der Waals surface area contributed by atoms with Crippen molar-refractivity contribution in [2.24, 2.45) is 0 Å². The predicted octanol–water partition coefficient (Wildman–Crippen LogP) is 0.702. The maximum absolute atomic E-state index is 12.0. The lowest BCUT2D eigenvalue weighted by atomic mass is 10.4. The summed E-state index contributed by atoms with van der Waals surface area (Å²) in [6.07, 6.45) is 2.10. The van der Waals surface area contributed by atoms with Crippen LogP contribution in [0.2, 0.25) is 0 Å². The van der Waals surface area contributed by atoms with Crippen LogP contribution in [0.5, 0.6) is 0 Å². The van der Waals surface area contributed by atoms with E-state index in [0.29, 0.717) is 0 Å². The molecule has 1 rings (SSSR count). The lowest BCUT2D eigenvalue weighted by molar-refractivity contribution is -0.0155. The van der Waals surface area contributed by atoms with E-state index in [-0.39, 0.29) is 0 Å². The molecule has 1 N–H and O–H groups in total. The molecule has 0 saturated carbocycles. The first-order valence-corrected chi connectivity index (χ1v) is 2.16. The third kappa shape index (κ3) is 1.07. The fourth-order valence-corrected chi connectivity index (χ4v) is 0.416. The number of hydrogen-bond donors (Lipinski definition) is 1. The fourth-order valence-electron chi connectivity index (χ4n) is 0.416. The van der Waals surface area contributed by atoms with E-state index in [1.165, 1.54) is 0 Å². The molecule has 0 spiro atoms. The number of aliphatic hydroxyl groups is 1. The molecule has 0 fully saturated rings. The Bertz CT molecular complexity index is 139. The SMILES string of the molecule is OC1C=C(F)C=CO1. The Morgan fingerprint density at radius 3 is 2.88 bits per heavy atom. The highest BCUT2D eigenvalue weighted by molar-refractivity contribution is 5.12. The van der Waals surface area contributed by atoms with Gasteiger partial charge in [-0.1, -0.05) is 0 Å². The Kier molecular flexibility index (Phi) is 1.30. The molecule has 1 aliphatic heterocycles. The van der Waals surface area contributed by atoms with Crippen LogP contribution in [-0.2, 0) is 4.74 Å². The predicted molar refractivity (Wildman–Crippen MR) is 25.4 cm³/mol. The standard InChI is InChI=1S/C5H5FO2/c6-4-1-2-8-5(7)3-4/h1-3,5,7H. The van der Waals surface area contributed by atoms with Gasteiger partial charge in [-0.25, -0.2) is 4.39 Å². The molecule has 0 aromatic carbocycles. The molecule has 0 aliphatic carbocycles. The van der Waals surface area contributed by atoms with Crippen LogP contribution in [-0.4, -0.2) is 11.4 Å². The maximum Gasteiger partial charge on any atom is 0.219 e. The van der Waals surface area contributed by atoms with E-state index in [2.05, 4.69) is 4.74 Å². The van der Waals surface area contributed by atoms with E-state index in [9.17, 15) is 4.39 Å². The smallest absolute Gasteiger partial charge is 0.219 e. The average molecular weight is 116 g/mol. The van der Waals surface area contributed by atoms with Gasteiger partial charge in [0.25, 0.3) is 0 Å². The number of allylic oxidation sites excluding steroid dienone is 2. The topological polar surface area (TPSA) is 29.5 Å². The third-order valence-electron chi connectivity index (χ3n) is 0.747. The Balaban J connectivity index is 2.63. The summed E-state index contributed by atoms with van der Waals surface area (Å²) in [5.74, 6) is -0.469.